The van der Waals surface area contributed by atoms with Crippen molar-refractivity contribution in [3.8, 4) is 0 Å². The summed E-state index contributed by atoms with van der Waals surface area (Å²) in [7, 11) is 1.93. The number of aryl methyl sites for hydroxylation is 1. The van der Waals surface area contributed by atoms with Gasteiger partial charge in [-0.05, 0) is 27.8 Å². The molecule has 1 aromatic rings. The highest BCUT2D eigenvalue weighted by Gasteiger charge is 2.04. The molecular weight excluding hydrogens is 150 g/mol. The predicted octanol–water partition coefficient (Wildman–Crippen LogP) is 1.49. The maximum absolute atomic E-state index is 4.42. The van der Waals surface area contributed by atoms with E-state index in [-0.39, 0.29) is 0 Å². The third-order valence-corrected chi connectivity index (χ3v) is 1.88. The lowest BCUT2D eigenvalue weighted by atomic mass is 10.4. The molecule has 68 valence electrons. The zero-order valence-electron chi connectivity index (χ0n) is 8.26. The van der Waals surface area contributed by atoms with Gasteiger partial charge in [0.25, 0.3) is 0 Å². The molecule has 1 aromatic heterocycles. The van der Waals surface area contributed by atoms with E-state index in [1.165, 1.54) is 0 Å². The quantitative estimate of drug-likeness (QED) is 0.739. The van der Waals surface area contributed by atoms with Crippen molar-refractivity contribution in [1.29, 1.82) is 0 Å². The molecule has 3 heteroatoms. The van der Waals surface area contributed by atoms with Gasteiger partial charge in [-0.2, -0.15) is 0 Å². The lowest BCUT2D eigenvalue weighted by Crippen LogP contribution is -2.05. The Bertz CT molecular complexity index is 250. The predicted molar refractivity (Wildman–Crippen MR) is 50.1 cm³/mol. The SMILES string of the molecule is CNCc1cn(C(C)C)c(C)n1. The summed E-state index contributed by atoms with van der Waals surface area (Å²) >= 11 is 0. The van der Waals surface area contributed by atoms with Crippen molar-refractivity contribution in [3.05, 3.63) is 17.7 Å². The van der Waals surface area contributed by atoms with Gasteiger partial charge in [0.2, 0.25) is 0 Å². The largest absolute Gasteiger partial charge is 0.332 e. The molecule has 12 heavy (non-hydrogen) atoms. The van der Waals surface area contributed by atoms with Crippen LogP contribution in [0.1, 0.15) is 31.4 Å². The van der Waals surface area contributed by atoms with E-state index in [0.29, 0.717) is 6.04 Å². The zero-order chi connectivity index (χ0) is 9.14. The first-order valence-corrected chi connectivity index (χ1v) is 4.34. The number of nitrogens with zero attached hydrogens (tertiary/aromatic N) is 2. The normalized spacial score (nSPS) is 11.1. The second-order valence-electron chi connectivity index (χ2n) is 3.31. The number of hydrogen-bond acceptors (Lipinski definition) is 2. The standard InChI is InChI=1S/C9H17N3/c1-7(2)12-6-9(5-10-4)11-8(12)3/h6-7,10H,5H2,1-4H3. The fourth-order valence-electron chi connectivity index (χ4n) is 1.34. The van der Waals surface area contributed by atoms with Crippen LogP contribution in [0, 0.1) is 6.92 Å². The van der Waals surface area contributed by atoms with E-state index in [2.05, 4.69) is 34.9 Å². The molecule has 0 bridgehead atoms. The molecule has 1 N–H and O–H groups in total. The number of rotatable bonds is 3. The van der Waals surface area contributed by atoms with Crippen LogP contribution in [0.2, 0.25) is 0 Å². The highest BCUT2D eigenvalue weighted by molar-refractivity contribution is 5.03. The molecule has 0 aliphatic carbocycles. The average molecular weight is 167 g/mol. The molecule has 0 atom stereocenters. The summed E-state index contributed by atoms with van der Waals surface area (Å²) in [6.45, 7) is 7.22. The van der Waals surface area contributed by atoms with Crippen LogP contribution in [-0.2, 0) is 6.54 Å². The Labute approximate surface area is 73.8 Å². The van der Waals surface area contributed by atoms with Gasteiger partial charge >= 0.3 is 0 Å². The summed E-state index contributed by atoms with van der Waals surface area (Å²) in [6, 6.07) is 0.503. The van der Waals surface area contributed by atoms with E-state index in [0.717, 1.165) is 18.1 Å². The van der Waals surface area contributed by atoms with E-state index in [1.54, 1.807) is 0 Å². The Kier molecular flexibility index (Phi) is 2.87. The third-order valence-electron chi connectivity index (χ3n) is 1.88. The molecule has 0 amide bonds. The molecule has 1 heterocycles. The Balaban J connectivity index is 2.85. The average Bonchev–Trinajstić information content (AvgIpc) is 2.32. The van der Waals surface area contributed by atoms with E-state index in [1.807, 2.05) is 14.0 Å². The summed E-state index contributed by atoms with van der Waals surface area (Å²) in [5, 5.41) is 3.09. The van der Waals surface area contributed by atoms with Crippen LogP contribution in [0.25, 0.3) is 0 Å². The van der Waals surface area contributed by atoms with Crippen molar-refractivity contribution in [3.63, 3.8) is 0 Å². The van der Waals surface area contributed by atoms with Crippen LogP contribution in [0.5, 0.6) is 0 Å². The van der Waals surface area contributed by atoms with Gasteiger partial charge in [-0.3, -0.25) is 0 Å². The van der Waals surface area contributed by atoms with Crippen molar-refractivity contribution in [1.82, 2.24) is 14.9 Å². The zero-order valence-corrected chi connectivity index (χ0v) is 8.26. The second-order valence-corrected chi connectivity index (χ2v) is 3.31. The molecule has 1 rings (SSSR count). The van der Waals surface area contributed by atoms with Crippen LogP contribution in [-0.4, -0.2) is 16.6 Å². The molecule has 0 spiro atoms. The maximum Gasteiger partial charge on any atom is 0.106 e. The molecule has 0 saturated heterocycles. The molecule has 3 nitrogen and oxygen atoms in total. The minimum absolute atomic E-state index is 0.503. The van der Waals surface area contributed by atoms with Gasteiger partial charge < -0.3 is 9.88 Å². The highest BCUT2D eigenvalue weighted by atomic mass is 15.1. The van der Waals surface area contributed by atoms with Crippen LogP contribution in [0.4, 0.5) is 0 Å². The fourth-order valence-corrected chi connectivity index (χ4v) is 1.34. The summed E-state index contributed by atoms with van der Waals surface area (Å²) in [5.41, 5.74) is 1.11. The van der Waals surface area contributed by atoms with Gasteiger partial charge in [0.15, 0.2) is 0 Å². The highest BCUT2D eigenvalue weighted by Crippen LogP contribution is 2.09. The van der Waals surface area contributed by atoms with Crippen LogP contribution < -0.4 is 5.32 Å². The monoisotopic (exact) mass is 167 g/mol. The number of imidazole rings is 1. The van der Waals surface area contributed by atoms with Crippen molar-refractivity contribution in [2.45, 2.75) is 33.4 Å². The second kappa shape index (κ2) is 3.72. The smallest absolute Gasteiger partial charge is 0.106 e. The Morgan fingerprint density at radius 3 is 2.67 bits per heavy atom. The van der Waals surface area contributed by atoms with E-state index < -0.39 is 0 Å². The Morgan fingerprint density at radius 1 is 1.58 bits per heavy atom. The number of aromatic nitrogens is 2. The molecule has 0 fully saturated rings. The van der Waals surface area contributed by atoms with Gasteiger partial charge in [0.05, 0.1) is 5.69 Å². The van der Waals surface area contributed by atoms with Gasteiger partial charge in [-0.25, -0.2) is 4.98 Å². The molecule has 0 aliphatic rings. The number of hydrogen-bond donors (Lipinski definition) is 1. The van der Waals surface area contributed by atoms with E-state index >= 15 is 0 Å². The van der Waals surface area contributed by atoms with Crippen LogP contribution >= 0.6 is 0 Å². The lowest BCUT2D eigenvalue weighted by molar-refractivity contribution is 0.582. The fraction of sp³-hybridized carbons (Fsp3) is 0.667. The lowest BCUT2D eigenvalue weighted by Gasteiger charge is -2.07. The van der Waals surface area contributed by atoms with Crippen molar-refractivity contribution >= 4 is 0 Å². The first-order valence-electron chi connectivity index (χ1n) is 4.34. The molecule has 0 radical (unpaired) electrons. The van der Waals surface area contributed by atoms with Gasteiger partial charge in [-0.1, -0.05) is 0 Å². The van der Waals surface area contributed by atoms with Crippen molar-refractivity contribution in [2.24, 2.45) is 0 Å². The van der Waals surface area contributed by atoms with Gasteiger partial charge in [0.1, 0.15) is 5.82 Å². The first kappa shape index (κ1) is 9.26. The minimum Gasteiger partial charge on any atom is -0.332 e. The van der Waals surface area contributed by atoms with E-state index in [9.17, 15) is 0 Å². The third kappa shape index (κ3) is 1.85. The number of nitrogens with one attached hydrogen (secondary N) is 1. The summed E-state index contributed by atoms with van der Waals surface area (Å²) in [5.74, 6) is 1.09. The summed E-state index contributed by atoms with van der Waals surface area (Å²) in [6.07, 6.45) is 2.11. The van der Waals surface area contributed by atoms with Gasteiger partial charge in [-0.15, -0.1) is 0 Å². The Hall–Kier alpha value is -0.830. The summed E-state index contributed by atoms with van der Waals surface area (Å²) < 4.78 is 2.19. The summed E-state index contributed by atoms with van der Waals surface area (Å²) in [4.78, 5) is 4.42. The Morgan fingerprint density at radius 2 is 2.25 bits per heavy atom. The van der Waals surface area contributed by atoms with Crippen molar-refractivity contribution < 1.29 is 0 Å². The maximum atomic E-state index is 4.42. The molecular formula is C9H17N3. The van der Waals surface area contributed by atoms with Gasteiger partial charge in [0, 0.05) is 18.8 Å². The molecule has 0 unspecified atom stereocenters. The van der Waals surface area contributed by atoms with Crippen LogP contribution in [0.3, 0.4) is 0 Å². The van der Waals surface area contributed by atoms with Crippen LogP contribution in [0.15, 0.2) is 6.20 Å². The minimum atomic E-state index is 0.503. The first-order chi connectivity index (χ1) is 5.65. The molecule has 0 aliphatic heterocycles. The topological polar surface area (TPSA) is 29.9 Å². The van der Waals surface area contributed by atoms with Crippen molar-refractivity contribution in [2.75, 3.05) is 7.05 Å². The molecule has 0 saturated carbocycles. The molecule has 0 aromatic carbocycles. The van der Waals surface area contributed by atoms with E-state index in [4.69, 9.17) is 0 Å².